The highest BCUT2D eigenvalue weighted by atomic mass is 32.2. The van der Waals surface area contributed by atoms with Crippen LogP contribution < -0.4 is 0 Å². The summed E-state index contributed by atoms with van der Waals surface area (Å²) in [6.07, 6.45) is 3.69. The summed E-state index contributed by atoms with van der Waals surface area (Å²) in [6, 6.07) is 11.5. The second kappa shape index (κ2) is 8.87. The molecule has 2 aromatic heterocycles. The van der Waals surface area contributed by atoms with Crippen LogP contribution >= 0.6 is 11.8 Å². The molecule has 0 unspecified atom stereocenters. The van der Waals surface area contributed by atoms with Crippen molar-refractivity contribution < 1.29 is 9.59 Å². The third-order valence-electron chi connectivity index (χ3n) is 5.09. The largest absolute Gasteiger partial charge is 0.356 e. The minimum atomic E-state index is -0.0566. The average Bonchev–Trinajstić information content (AvgIpc) is 3.52. The summed E-state index contributed by atoms with van der Waals surface area (Å²) in [5, 5.41) is 5.17. The van der Waals surface area contributed by atoms with Crippen molar-refractivity contribution >= 4 is 23.5 Å². The predicted molar refractivity (Wildman–Crippen MR) is 116 cm³/mol. The molecule has 0 atom stereocenters. The van der Waals surface area contributed by atoms with Crippen LogP contribution in [0, 0.1) is 0 Å². The van der Waals surface area contributed by atoms with Crippen molar-refractivity contribution in [3.8, 4) is 5.69 Å². The number of nitrogens with zero attached hydrogens (tertiary/aromatic N) is 4. The number of likely N-dealkylation sites (tertiary alicyclic amines) is 1. The van der Waals surface area contributed by atoms with Crippen LogP contribution in [0.4, 0.5) is 0 Å². The van der Waals surface area contributed by atoms with Gasteiger partial charge < -0.3 is 9.88 Å². The Morgan fingerprint density at radius 2 is 1.90 bits per heavy atom. The monoisotopic (exact) mass is 423 g/mol. The summed E-state index contributed by atoms with van der Waals surface area (Å²) in [4.78, 5) is 34.5. The lowest BCUT2D eigenvalue weighted by Gasteiger charge is -2.13. The topological polar surface area (TPSA) is 83.9 Å². The summed E-state index contributed by atoms with van der Waals surface area (Å²) in [6.45, 7) is 5.71. The summed E-state index contributed by atoms with van der Waals surface area (Å²) in [7, 11) is 0. The summed E-state index contributed by atoms with van der Waals surface area (Å²) < 4.78 is 1.83. The van der Waals surface area contributed by atoms with Gasteiger partial charge in [0.1, 0.15) is 11.5 Å². The minimum absolute atomic E-state index is 0.0379. The maximum absolute atomic E-state index is 12.6. The van der Waals surface area contributed by atoms with E-state index in [0.29, 0.717) is 16.4 Å². The van der Waals surface area contributed by atoms with Crippen molar-refractivity contribution in [1.82, 2.24) is 24.6 Å². The van der Waals surface area contributed by atoms with Gasteiger partial charge in [-0.25, -0.2) is 9.67 Å². The third-order valence-corrected chi connectivity index (χ3v) is 5.93. The molecule has 0 radical (unpaired) electrons. The zero-order chi connectivity index (χ0) is 21.1. The minimum Gasteiger partial charge on any atom is -0.356 e. The number of carbonyl (C=O) groups is 2. The lowest BCUT2D eigenvalue weighted by Crippen LogP contribution is -2.27. The van der Waals surface area contributed by atoms with E-state index in [1.54, 1.807) is 12.3 Å². The van der Waals surface area contributed by atoms with Gasteiger partial charge in [-0.05, 0) is 31.0 Å². The van der Waals surface area contributed by atoms with Gasteiger partial charge in [0, 0.05) is 30.8 Å². The van der Waals surface area contributed by atoms with E-state index in [0.717, 1.165) is 37.4 Å². The number of nitrogens with one attached hydrogen (secondary N) is 1. The maximum Gasteiger partial charge on any atom is 0.270 e. The number of hydrogen-bond acceptors (Lipinski definition) is 5. The van der Waals surface area contributed by atoms with Crippen LogP contribution in [0.15, 0.2) is 47.8 Å². The summed E-state index contributed by atoms with van der Waals surface area (Å²) in [5.41, 5.74) is 1.93. The van der Waals surface area contributed by atoms with Crippen LogP contribution in [0.2, 0.25) is 0 Å². The van der Waals surface area contributed by atoms with Gasteiger partial charge in [-0.1, -0.05) is 43.8 Å². The van der Waals surface area contributed by atoms with E-state index in [4.69, 9.17) is 0 Å². The van der Waals surface area contributed by atoms with Crippen molar-refractivity contribution in [2.45, 2.75) is 37.8 Å². The molecule has 8 heteroatoms. The van der Waals surface area contributed by atoms with Crippen molar-refractivity contribution in [1.29, 1.82) is 0 Å². The molecule has 0 aliphatic carbocycles. The van der Waals surface area contributed by atoms with Gasteiger partial charge in [0.25, 0.3) is 5.91 Å². The fraction of sp³-hybridized carbons (Fsp3) is 0.364. The van der Waals surface area contributed by atoms with Crippen LogP contribution in [0.1, 0.15) is 59.3 Å². The number of hydrogen-bond donors (Lipinski definition) is 1. The van der Waals surface area contributed by atoms with Crippen LogP contribution in [0.5, 0.6) is 0 Å². The Hall–Kier alpha value is -2.87. The molecule has 3 heterocycles. The van der Waals surface area contributed by atoms with Crippen LogP contribution in [0.25, 0.3) is 5.69 Å². The molecule has 7 nitrogen and oxygen atoms in total. The van der Waals surface area contributed by atoms with E-state index in [9.17, 15) is 9.59 Å². The van der Waals surface area contributed by atoms with E-state index < -0.39 is 0 Å². The number of para-hydroxylation sites is 1. The highest BCUT2D eigenvalue weighted by Crippen LogP contribution is 2.23. The van der Waals surface area contributed by atoms with Gasteiger partial charge in [-0.15, -0.1) is 5.10 Å². The van der Waals surface area contributed by atoms with Crippen molar-refractivity contribution in [3.63, 3.8) is 0 Å². The number of amides is 1. The molecule has 156 valence electrons. The quantitative estimate of drug-likeness (QED) is 0.460. The Morgan fingerprint density at radius 1 is 1.17 bits per heavy atom. The molecule has 0 saturated carbocycles. The second-order valence-electron chi connectivity index (χ2n) is 7.67. The van der Waals surface area contributed by atoms with E-state index in [2.05, 4.69) is 28.9 Å². The first kappa shape index (κ1) is 20.4. The van der Waals surface area contributed by atoms with Crippen LogP contribution in [-0.4, -0.2) is 55.2 Å². The van der Waals surface area contributed by atoms with Gasteiger partial charge in [0.05, 0.1) is 11.4 Å². The lowest BCUT2D eigenvalue weighted by molar-refractivity contribution is 0.0787. The molecular weight excluding hydrogens is 398 g/mol. The molecule has 3 aromatic rings. The first-order valence-electron chi connectivity index (χ1n) is 10.2. The summed E-state index contributed by atoms with van der Waals surface area (Å²) >= 11 is 1.31. The molecule has 1 saturated heterocycles. The van der Waals surface area contributed by atoms with Gasteiger partial charge in [-0.3, -0.25) is 9.59 Å². The van der Waals surface area contributed by atoms with Crippen molar-refractivity contribution in [3.05, 3.63) is 59.7 Å². The fourth-order valence-corrected chi connectivity index (χ4v) is 4.21. The first-order valence-corrected chi connectivity index (χ1v) is 11.2. The standard InChI is InChI=1S/C22H25N5O2S/c1-15(2)20-24-22(25-27(20)17-8-4-3-5-9-17)30-14-19(28)16-12-18(23-13-16)21(29)26-10-6-7-11-26/h3-5,8-9,12-13,15,23H,6-7,10-11,14H2,1-2H3. The number of H-pyrrole nitrogens is 1. The fourth-order valence-electron chi connectivity index (χ4n) is 3.48. The molecule has 1 aliphatic rings. The van der Waals surface area contributed by atoms with Crippen LogP contribution in [-0.2, 0) is 0 Å². The zero-order valence-corrected chi connectivity index (χ0v) is 18.0. The smallest absolute Gasteiger partial charge is 0.270 e. The molecule has 1 N–H and O–H groups in total. The molecule has 4 rings (SSSR count). The van der Waals surface area contributed by atoms with Crippen LogP contribution in [0.3, 0.4) is 0 Å². The first-order chi connectivity index (χ1) is 14.5. The number of rotatable bonds is 7. The van der Waals surface area contributed by atoms with Gasteiger partial charge >= 0.3 is 0 Å². The van der Waals surface area contributed by atoms with Gasteiger partial charge in [0.2, 0.25) is 5.16 Å². The number of thioether (sulfide) groups is 1. The number of Topliss-reactive ketones (excluding diaryl/α,β-unsaturated/α-hetero) is 1. The number of aromatic nitrogens is 4. The van der Waals surface area contributed by atoms with Crippen molar-refractivity contribution in [2.24, 2.45) is 0 Å². The number of aromatic amines is 1. The molecular formula is C22H25N5O2S. The van der Waals surface area contributed by atoms with E-state index >= 15 is 0 Å². The van der Waals surface area contributed by atoms with E-state index in [1.807, 2.05) is 39.9 Å². The zero-order valence-electron chi connectivity index (χ0n) is 17.2. The lowest BCUT2D eigenvalue weighted by atomic mass is 10.2. The molecule has 0 spiro atoms. The number of ketones is 1. The predicted octanol–water partition coefficient (Wildman–Crippen LogP) is 3.93. The van der Waals surface area contributed by atoms with E-state index in [-0.39, 0.29) is 23.4 Å². The second-order valence-corrected chi connectivity index (χ2v) is 8.61. The molecule has 1 fully saturated rings. The Balaban J connectivity index is 1.43. The molecule has 30 heavy (non-hydrogen) atoms. The Labute approximate surface area is 179 Å². The molecule has 0 bridgehead atoms. The van der Waals surface area contributed by atoms with Gasteiger partial charge in [0.15, 0.2) is 5.78 Å². The molecule has 1 aromatic carbocycles. The Bertz CT molecular complexity index is 1030. The number of benzene rings is 1. The number of carbonyl (C=O) groups excluding carboxylic acids is 2. The molecule has 1 amide bonds. The SMILES string of the molecule is CC(C)c1nc(SCC(=O)c2c[nH]c(C(=O)N3CCCC3)c2)nn1-c1ccccc1. The third kappa shape index (κ3) is 4.33. The highest BCUT2D eigenvalue weighted by molar-refractivity contribution is 7.99. The Kier molecular flexibility index (Phi) is 6.03. The Morgan fingerprint density at radius 3 is 2.60 bits per heavy atom. The molecule has 1 aliphatic heterocycles. The maximum atomic E-state index is 12.6. The van der Waals surface area contributed by atoms with Gasteiger partial charge in [-0.2, -0.15) is 0 Å². The normalized spacial score (nSPS) is 13.9. The van der Waals surface area contributed by atoms with Crippen molar-refractivity contribution in [2.75, 3.05) is 18.8 Å². The van der Waals surface area contributed by atoms with E-state index in [1.165, 1.54) is 11.8 Å². The highest BCUT2D eigenvalue weighted by Gasteiger charge is 2.22. The summed E-state index contributed by atoms with van der Waals surface area (Å²) in [5.74, 6) is 1.18. The average molecular weight is 424 g/mol.